The van der Waals surface area contributed by atoms with Crippen LogP contribution in [0.2, 0.25) is 0 Å². The van der Waals surface area contributed by atoms with Crippen molar-refractivity contribution < 1.29 is 24.1 Å². The molecule has 7 nitrogen and oxygen atoms in total. The van der Waals surface area contributed by atoms with Crippen LogP contribution < -0.4 is 19.9 Å². The van der Waals surface area contributed by atoms with Crippen molar-refractivity contribution in [2.45, 2.75) is 33.0 Å². The number of carboxylic acids is 1. The summed E-state index contributed by atoms with van der Waals surface area (Å²) in [5.41, 5.74) is 6.32. The molecule has 1 atom stereocenters. The van der Waals surface area contributed by atoms with Gasteiger partial charge in [0.05, 0.1) is 12.7 Å². The Hall–Kier alpha value is -3.48. The molecule has 0 amide bonds. The largest absolute Gasteiger partial charge is 0.490 e. The van der Waals surface area contributed by atoms with E-state index in [1.807, 2.05) is 20.8 Å². The molecule has 152 valence electrons. The van der Waals surface area contributed by atoms with E-state index < -0.39 is 12.1 Å². The van der Waals surface area contributed by atoms with Gasteiger partial charge in [-0.05, 0) is 62.6 Å². The first-order valence-corrected chi connectivity index (χ1v) is 9.36. The van der Waals surface area contributed by atoms with Gasteiger partial charge in [0.25, 0.3) is 0 Å². The van der Waals surface area contributed by atoms with Crippen molar-refractivity contribution in [1.29, 1.82) is 0 Å². The zero-order valence-corrected chi connectivity index (χ0v) is 16.6. The van der Waals surface area contributed by atoms with Crippen molar-refractivity contribution in [1.82, 2.24) is 4.98 Å². The topological polar surface area (TPSA) is 104 Å². The second-order valence-corrected chi connectivity index (χ2v) is 6.72. The molecule has 0 fully saturated rings. The zero-order chi connectivity index (χ0) is 21.0. The second kappa shape index (κ2) is 8.68. The molecule has 0 saturated carbocycles. The third-order valence-corrected chi connectivity index (χ3v) is 4.18. The molecule has 0 aliphatic rings. The van der Waals surface area contributed by atoms with E-state index in [2.05, 4.69) is 4.98 Å². The van der Waals surface area contributed by atoms with Gasteiger partial charge in [-0.1, -0.05) is 6.07 Å². The monoisotopic (exact) mass is 396 g/mol. The highest BCUT2D eigenvalue weighted by atomic mass is 16.5. The fourth-order valence-corrected chi connectivity index (χ4v) is 2.96. The molecule has 0 radical (unpaired) electrons. The molecule has 1 heterocycles. The fraction of sp³-hybridized carbons (Fsp3) is 0.273. The van der Waals surface area contributed by atoms with E-state index in [0.29, 0.717) is 35.2 Å². The lowest BCUT2D eigenvalue weighted by molar-refractivity contribution is -0.145. The molecule has 0 saturated heterocycles. The highest BCUT2D eigenvalue weighted by Gasteiger charge is 2.24. The Bertz CT molecular complexity index is 1020. The number of carbonyl (C=O) groups is 1. The predicted molar refractivity (Wildman–Crippen MR) is 111 cm³/mol. The second-order valence-electron chi connectivity index (χ2n) is 6.72. The number of anilines is 1. The quantitative estimate of drug-likeness (QED) is 0.588. The zero-order valence-electron chi connectivity index (χ0n) is 16.6. The number of ether oxygens (including phenoxy) is 3. The summed E-state index contributed by atoms with van der Waals surface area (Å²) in [4.78, 5) is 16.0. The van der Waals surface area contributed by atoms with E-state index in [1.165, 1.54) is 0 Å². The Morgan fingerprint density at radius 1 is 1.10 bits per heavy atom. The van der Waals surface area contributed by atoms with Crippen molar-refractivity contribution in [3.8, 4) is 17.2 Å². The summed E-state index contributed by atoms with van der Waals surface area (Å²) in [6.07, 6.45) is 0.350. The van der Waals surface area contributed by atoms with Gasteiger partial charge < -0.3 is 25.1 Å². The Morgan fingerprint density at radius 2 is 1.90 bits per heavy atom. The molecule has 0 aliphatic heterocycles. The smallest absolute Gasteiger partial charge is 0.349 e. The number of fused-ring (bicyclic) bond motifs is 1. The minimum absolute atomic E-state index is 0.0360. The molecule has 2 aromatic carbocycles. The molecule has 3 aromatic rings. The van der Waals surface area contributed by atoms with Crippen LogP contribution in [0.4, 0.5) is 5.82 Å². The van der Waals surface area contributed by atoms with Crippen LogP contribution in [0.3, 0.4) is 0 Å². The minimum atomic E-state index is -1.21. The normalized spacial score (nSPS) is 12.0. The van der Waals surface area contributed by atoms with Crippen LogP contribution in [0.15, 0.2) is 48.7 Å². The van der Waals surface area contributed by atoms with Crippen LogP contribution in [-0.2, 0) is 4.79 Å². The predicted octanol–water partition coefficient (Wildman–Crippen LogP) is 4.21. The van der Waals surface area contributed by atoms with Gasteiger partial charge in [-0.15, -0.1) is 0 Å². The molecule has 0 spiro atoms. The highest BCUT2D eigenvalue weighted by molar-refractivity contribution is 5.91. The molecule has 29 heavy (non-hydrogen) atoms. The van der Waals surface area contributed by atoms with Crippen molar-refractivity contribution in [3.05, 3.63) is 54.2 Å². The minimum Gasteiger partial charge on any atom is -0.490 e. The summed E-state index contributed by atoms with van der Waals surface area (Å²) < 4.78 is 17.2. The van der Waals surface area contributed by atoms with E-state index in [9.17, 15) is 9.90 Å². The van der Waals surface area contributed by atoms with E-state index in [-0.39, 0.29) is 6.10 Å². The van der Waals surface area contributed by atoms with Crippen LogP contribution in [0, 0.1) is 0 Å². The van der Waals surface area contributed by atoms with Gasteiger partial charge in [0.1, 0.15) is 11.6 Å². The highest BCUT2D eigenvalue weighted by Crippen LogP contribution is 2.34. The molecule has 0 aliphatic carbocycles. The SMILES string of the molecule is CCOc1cc(C(Oc2ccc3c(N)nccc3c2)C(=O)O)ccc1OC(C)C. The maximum absolute atomic E-state index is 11.9. The van der Waals surface area contributed by atoms with Gasteiger partial charge in [-0.2, -0.15) is 0 Å². The van der Waals surface area contributed by atoms with E-state index in [4.69, 9.17) is 19.9 Å². The van der Waals surface area contributed by atoms with Gasteiger partial charge in [-0.3, -0.25) is 0 Å². The first-order valence-electron chi connectivity index (χ1n) is 9.36. The number of pyridine rings is 1. The number of hydrogen-bond acceptors (Lipinski definition) is 6. The Morgan fingerprint density at radius 3 is 2.59 bits per heavy atom. The van der Waals surface area contributed by atoms with E-state index in [1.54, 1.807) is 48.7 Å². The number of nitrogen functional groups attached to an aromatic ring is 1. The fourth-order valence-electron chi connectivity index (χ4n) is 2.96. The lowest BCUT2D eigenvalue weighted by Gasteiger charge is -2.19. The molecule has 3 N–H and O–H groups in total. The Balaban J connectivity index is 1.93. The first-order chi connectivity index (χ1) is 13.9. The summed E-state index contributed by atoms with van der Waals surface area (Å²) in [5.74, 6) is 0.746. The number of nitrogens with zero attached hydrogens (tertiary/aromatic N) is 1. The van der Waals surface area contributed by atoms with Crippen molar-refractivity contribution >= 4 is 22.6 Å². The van der Waals surface area contributed by atoms with Crippen molar-refractivity contribution in [3.63, 3.8) is 0 Å². The molecule has 3 rings (SSSR count). The Labute approximate surface area is 169 Å². The maximum atomic E-state index is 11.9. The third-order valence-electron chi connectivity index (χ3n) is 4.18. The van der Waals surface area contributed by atoms with Crippen LogP contribution in [0.1, 0.15) is 32.4 Å². The van der Waals surface area contributed by atoms with Gasteiger partial charge in [0.15, 0.2) is 11.5 Å². The Kier molecular flexibility index (Phi) is 6.07. The van der Waals surface area contributed by atoms with E-state index >= 15 is 0 Å². The first kappa shape index (κ1) is 20.3. The average Bonchev–Trinajstić information content (AvgIpc) is 2.67. The number of aliphatic carboxylic acids is 1. The number of aromatic nitrogens is 1. The van der Waals surface area contributed by atoms with Gasteiger partial charge >= 0.3 is 5.97 Å². The van der Waals surface area contributed by atoms with Crippen LogP contribution >= 0.6 is 0 Å². The van der Waals surface area contributed by atoms with Crippen molar-refractivity contribution in [2.24, 2.45) is 0 Å². The van der Waals surface area contributed by atoms with Crippen LogP contribution in [0.5, 0.6) is 17.2 Å². The van der Waals surface area contributed by atoms with Crippen LogP contribution in [0.25, 0.3) is 10.8 Å². The summed E-state index contributed by atoms with van der Waals surface area (Å²) in [6.45, 7) is 6.10. The van der Waals surface area contributed by atoms with Gasteiger partial charge in [0.2, 0.25) is 6.10 Å². The number of benzene rings is 2. The third kappa shape index (κ3) is 4.68. The summed E-state index contributed by atoms with van der Waals surface area (Å²) >= 11 is 0. The molecular weight excluding hydrogens is 372 g/mol. The van der Waals surface area contributed by atoms with Crippen LogP contribution in [-0.4, -0.2) is 28.8 Å². The molecular formula is C22H24N2O5. The summed E-state index contributed by atoms with van der Waals surface area (Å²) in [7, 11) is 0. The number of rotatable bonds is 8. The number of hydrogen-bond donors (Lipinski definition) is 2. The number of nitrogens with two attached hydrogens (primary N) is 1. The summed E-state index contributed by atoms with van der Waals surface area (Å²) in [6, 6.07) is 12.0. The van der Waals surface area contributed by atoms with Gasteiger partial charge in [0, 0.05) is 17.1 Å². The van der Waals surface area contributed by atoms with E-state index in [0.717, 1.165) is 10.8 Å². The molecule has 1 aromatic heterocycles. The molecule has 0 bridgehead atoms. The standard InChI is InChI=1S/C22H24N2O5/c1-4-27-19-12-15(5-8-18(19)28-13(2)3)20(22(25)26)29-16-6-7-17-14(11-16)9-10-24-21(17)23/h5-13,20H,4H2,1-3H3,(H2,23,24)(H,25,26). The lowest BCUT2D eigenvalue weighted by atomic mass is 10.1. The molecule has 7 heteroatoms. The maximum Gasteiger partial charge on any atom is 0.349 e. The van der Waals surface area contributed by atoms with Gasteiger partial charge in [-0.25, -0.2) is 9.78 Å². The molecule has 1 unspecified atom stereocenters. The lowest BCUT2D eigenvalue weighted by Crippen LogP contribution is -2.18. The number of carboxylic acid groups (broad SMARTS) is 1. The van der Waals surface area contributed by atoms with Crippen molar-refractivity contribution in [2.75, 3.05) is 12.3 Å². The summed E-state index contributed by atoms with van der Waals surface area (Å²) in [5, 5.41) is 11.3. The average molecular weight is 396 g/mol.